The van der Waals surface area contributed by atoms with Crippen molar-refractivity contribution >= 4 is 0 Å². The van der Waals surface area contributed by atoms with Crippen molar-refractivity contribution in [3.63, 3.8) is 0 Å². The Morgan fingerprint density at radius 3 is 2.69 bits per heavy atom. The van der Waals surface area contributed by atoms with Gasteiger partial charge in [-0.3, -0.25) is 0 Å². The van der Waals surface area contributed by atoms with E-state index in [0.29, 0.717) is 0 Å². The summed E-state index contributed by atoms with van der Waals surface area (Å²) in [5.74, 6) is 0.852. The Morgan fingerprint density at radius 1 is 1.38 bits per heavy atom. The van der Waals surface area contributed by atoms with Crippen LogP contribution in [-0.2, 0) is 5.41 Å². The maximum Gasteiger partial charge on any atom is 0.120 e. The third-order valence-electron chi connectivity index (χ3n) is 3.19. The van der Waals surface area contributed by atoms with Crippen LogP contribution in [0.5, 0.6) is 5.75 Å². The first-order valence-corrected chi connectivity index (χ1v) is 5.89. The second-order valence-corrected chi connectivity index (χ2v) is 5.52. The van der Waals surface area contributed by atoms with Gasteiger partial charge < -0.3 is 9.84 Å². The summed E-state index contributed by atoms with van der Waals surface area (Å²) in [5, 5.41) is 10.0. The number of ether oxygens (including phenoxy) is 1. The zero-order chi connectivity index (χ0) is 11.9. The molecule has 0 aromatic heterocycles. The quantitative estimate of drug-likeness (QED) is 0.829. The van der Waals surface area contributed by atoms with Crippen molar-refractivity contribution < 1.29 is 9.84 Å². The zero-order valence-electron chi connectivity index (χ0n) is 10.4. The molecular weight excluding hydrogens is 200 g/mol. The predicted molar refractivity (Wildman–Crippen MR) is 64.8 cm³/mol. The van der Waals surface area contributed by atoms with Crippen LogP contribution in [0.15, 0.2) is 18.2 Å². The molecule has 2 nitrogen and oxygen atoms in total. The SMILES string of the molecule is CC(C)Oc1ccc2c(c1)[C@H](O)CC2(C)C. The summed E-state index contributed by atoms with van der Waals surface area (Å²) in [6, 6.07) is 6.07. The molecule has 1 N–H and O–H groups in total. The normalized spacial score (nSPS) is 22.2. The minimum Gasteiger partial charge on any atom is -0.491 e. The predicted octanol–water partition coefficient (Wildman–Crippen LogP) is 3.19. The smallest absolute Gasteiger partial charge is 0.120 e. The lowest BCUT2D eigenvalue weighted by molar-refractivity contribution is 0.161. The first kappa shape index (κ1) is 11.5. The molecule has 1 atom stereocenters. The highest BCUT2D eigenvalue weighted by molar-refractivity contribution is 5.44. The summed E-state index contributed by atoms with van der Waals surface area (Å²) in [6.07, 6.45) is 0.623. The number of aliphatic hydroxyl groups excluding tert-OH is 1. The average Bonchev–Trinajstić information content (AvgIpc) is 2.36. The van der Waals surface area contributed by atoms with Gasteiger partial charge in [-0.15, -0.1) is 0 Å². The van der Waals surface area contributed by atoms with Gasteiger partial charge in [0.05, 0.1) is 12.2 Å². The minimum absolute atomic E-state index is 0.0745. The molecule has 2 rings (SSSR count). The van der Waals surface area contributed by atoms with Gasteiger partial charge in [0.2, 0.25) is 0 Å². The second-order valence-electron chi connectivity index (χ2n) is 5.52. The topological polar surface area (TPSA) is 29.5 Å². The molecule has 1 aliphatic rings. The Hall–Kier alpha value is -1.02. The lowest BCUT2D eigenvalue weighted by Gasteiger charge is -2.19. The second kappa shape index (κ2) is 3.77. The molecule has 0 spiro atoms. The summed E-state index contributed by atoms with van der Waals surface area (Å²) >= 11 is 0. The molecule has 0 amide bonds. The van der Waals surface area contributed by atoms with Gasteiger partial charge >= 0.3 is 0 Å². The summed E-state index contributed by atoms with van der Waals surface area (Å²) in [5.41, 5.74) is 2.35. The van der Waals surface area contributed by atoms with Crippen molar-refractivity contribution in [2.24, 2.45) is 0 Å². The molecule has 2 heteroatoms. The largest absolute Gasteiger partial charge is 0.491 e. The standard InChI is InChI=1S/C14H20O2/c1-9(2)16-10-5-6-12-11(7-10)13(15)8-14(12,3)4/h5-7,9,13,15H,8H2,1-4H3/t13-/m1/s1. The van der Waals surface area contributed by atoms with E-state index in [1.54, 1.807) is 0 Å². The van der Waals surface area contributed by atoms with Gasteiger partial charge in [0.15, 0.2) is 0 Å². The summed E-state index contributed by atoms with van der Waals surface area (Å²) in [6.45, 7) is 8.36. The van der Waals surface area contributed by atoms with Crippen molar-refractivity contribution in [2.45, 2.75) is 51.7 Å². The number of hydrogen-bond donors (Lipinski definition) is 1. The van der Waals surface area contributed by atoms with E-state index in [1.807, 2.05) is 26.0 Å². The highest BCUT2D eigenvalue weighted by Gasteiger charge is 2.35. The Labute approximate surface area is 97.3 Å². The Morgan fingerprint density at radius 2 is 2.06 bits per heavy atom. The average molecular weight is 220 g/mol. The molecule has 1 aromatic rings. The van der Waals surface area contributed by atoms with Gasteiger partial charge in [-0.25, -0.2) is 0 Å². The number of hydrogen-bond acceptors (Lipinski definition) is 2. The van der Waals surface area contributed by atoms with Crippen LogP contribution >= 0.6 is 0 Å². The molecule has 0 bridgehead atoms. The van der Waals surface area contributed by atoms with E-state index in [4.69, 9.17) is 4.74 Å². The molecule has 0 fully saturated rings. The van der Waals surface area contributed by atoms with Gasteiger partial charge in [0, 0.05) is 0 Å². The lowest BCUT2D eigenvalue weighted by atomic mass is 9.86. The van der Waals surface area contributed by atoms with Crippen molar-refractivity contribution in [3.05, 3.63) is 29.3 Å². The van der Waals surface area contributed by atoms with Crippen LogP contribution in [0.4, 0.5) is 0 Å². The third kappa shape index (κ3) is 1.94. The van der Waals surface area contributed by atoms with Crippen LogP contribution in [0.3, 0.4) is 0 Å². The fourth-order valence-electron chi connectivity index (χ4n) is 2.48. The molecule has 1 aliphatic carbocycles. The van der Waals surface area contributed by atoms with E-state index in [9.17, 15) is 5.11 Å². The molecule has 0 unspecified atom stereocenters. The molecule has 0 heterocycles. The van der Waals surface area contributed by atoms with E-state index >= 15 is 0 Å². The van der Waals surface area contributed by atoms with Gasteiger partial charge in [-0.1, -0.05) is 19.9 Å². The highest BCUT2D eigenvalue weighted by Crippen LogP contribution is 2.45. The molecule has 0 aliphatic heterocycles. The number of aliphatic hydroxyl groups is 1. The molecule has 16 heavy (non-hydrogen) atoms. The van der Waals surface area contributed by atoms with E-state index in [2.05, 4.69) is 19.9 Å². The monoisotopic (exact) mass is 220 g/mol. The summed E-state index contributed by atoms with van der Waals surface area (Å²) in [4.78, 5) is 0. The van der Waals surface area contributed by atoms with Crippen LogP contribution in [0.25, 0.3) is 0 Å². The van der Waals surface area contributed by atoms with Gasteiger partial charge in [0.1, 0.15) is 5.75 Å². The van der Waals surface area contributed by atoms with Crippen LogP contribution in [0.2, 0.25) is 0 Å². The molecule has 1 aromatic carbocycles. The first-order chi connectivity index (χ1) is 7.40. The number of benzene rings is 1. The van der Waals surface area contributed by atoms with Gasteiger partial charge in [-0.2, -0.15) is 0 Å². The van der Waals surface area contributed by atoms with Crippen molar-refractivity contribution in [1.29, 1.82) is 0 Å². The van der Waals surface area contributed by atoms with Crippen LogP contribution in [0, 0.1) is 0 Å². The van der Waals surface area contributed by atoms with Gasteiger partial charge in [-0.05, 0) is 48.9 Å². The maximum atomic E-state index is 10.0. The number of fused-ring (bicyclic) bond motifs is 1. The molecule has 88 valence electrons. The Kier molecular flexibility index (Phi) is 2.70. The first-order valence-electron chi connectivity index (χ1n) is 5.89. The van der Waals surface area contributed by atoms with E-state index in [0.717, 1.165) is 17.7 Å². The Balaban J connectivity index is 2.37. The molecule has 0 radical (unpaired) electrons. The maximum absolute atomic E-state index is 10.0. The minimum atomic E-state index is -0.347. The van der Waals surface area contributed by atoms with Crippen molar-refractivity contribution in [3.8, 4) is 5.75 Å². The lowest BCUT2D eigenvalue weighted by Crippen LogP contribution is -2.12. The molecular formula is C14H20O2. The molecule has 0 saturated heterocycles. The van der Waals surface area contributed by atoms with Crippen molar-refractivity contribution in [2.75, 3.05) is 0 Å². The number of rotatable bonds is 2. The summed E-state index contributed by atoms with van der Waals surface area (Å²) < 4.78 is 5.64. The molecule has 0 saturated carbocycles. The van der Waals surface area contributed by atoms with E-state index in [-0.39, 0.29) is 17.6 Å². The van der Waals surface area contributed by atoms with Crippen LogP contribution in [0.1, 0.15) is 51.3 Å². The zero-order valence-corrected chi connectivity index (χ0v) is 10.4. The third-order valence-corrected chi connectivity index (χ3v) is 3.19. The fourth-order valence-corrected chi connectivity index (χ4v) is 2.48. The van der Waals surface area contributed by atoms with Crippen LogP contribution < -0.4 is 4.74 Å². The highest BCUT2D eigenvalue weighted by atomic mass is 16.5. The fraction of sp³-hybridized carbons (Fsp3) is 0.571. The summed E-state index contributed by atoms with van der Waals surface area (Å²) in [7, 11) is 0. The van der Waals surface area contributed by atoms with E-state index < -0.39 is 0 Å². The van der Waals surface area contributed by atoms with Crippen molar-refractivity contribution in [1.82, 2.24) is 0 Å². The Bertz CT molecular complexity index is 394. The van der Waals surface area contributed by atoms with Gasteiger partial charge in [0.25, 0.3) is 0 Å². The van der Waals surface area contributed by atoms with Crippen LogP contribution in [-0.4, -0.2) is 11.2 Å². The van der Waals surface area contributed by atoms with E-state index in [1.165, 1.54) is 5.56 Å².